The molecular weight excluding hydrogens is 332 g/mol. The van der Waals surface area contributed by atoms with Crippen LogP contribution >= 0.6 is 11.3 Å². The highest BCUT2D eigenvalue weighted by molar-refractivity contribution is 7.22. The molecular formula is C16H16N2O5S. The molecule has 0 atom stereocenters. The molecule has 0 bridgehead atoms. The molecule has 8 heteroatoms. The Labute approximate surface area is 142 Å². The maximum absolute atomic E-state index is 11.9. The van der Waals surface area contributed by atoms with Crippen LogP contribution < -0.4 is 9.64 Å². The van der Waals surface area contributed by atoms with Gasteiger partial charge < -0.3 is 23.8 Å². The van der Waals surface area contributed by atoms with Crippen molar-refractivity contribution >= 4 is 32.7 Å². The van der Waals surface area contributed by atoms with Gasteiger partial charge in [0.2, 0.25) is 5.76 Å². The van der Waals surface area contributed by atoms with E-state index < -0.39 is 5.97 Å². The van der Waals surface area contributed by atoms with Gasteiger partial charge in [-0.25, -0.2) is 9.78 Å². The zero-order valence-corrected chi connectivity index (χ0v) is 13.9. The summed E-state index contributed by atoms with van der Waals surface area (Å²) in [6, 6.07) is 5.86. The largest absolute Gasteiger partial charge is 0.494 e. The van der Waals surface area contributed by atoms with Crippen molar-refractivity contribution in [2.45, 2.75) is 6.10 Å². The molecule has 1 aromatic heterocycles. The van der Waals surface area contributed by atoms with Gasteiger partial charge in [0.05, 0.1) is 24.9 Å². The SMILES string of the molecule is COc1cccc2sc(N3CC(OC(=O)C4=COCCO4)C3)nc12. The molecule has 0 aliphatic carbocycles. The highest BCUT2D eigenvalue weighted by atomic mass is 32.1. The Bertz CT molecular complexity index is 797. The van der Waals surface area contributed by atoms with Crippen LogP contribution in [0.1, 0.15) is 0 Å². The number of benzene rings is 1. The molecule has 7 nitrogen and oxygen atoms in total. The van der Waals surface area contributed by atoms with Crippen molar-refractivity contribution in [3.8, 4) is 5.75 Å². The van der Waals surface area contributed by atoms with E-state index in [-0.39, 0.29) is 11.9 Å². The van der Waals surface area contributed by atoms with Crippen molar-refractivity contribution in [2.24, 2.45) is 0 Å². The summed E-state index contributed by atoms with van der Waals surface area (Å²) >= 11 is 1.60. The van der Waals surface area contributed by atoms with Gasteiger partial charge >= 0.3 is 5.97 Å². The van der Waals surface area contributed by atoms with Crippen molar-refractivity contribution in [1.82, 2.24) is 4.98 Å². The van der Waals surface area contributed by atoms with Gasteiger partial charge in [0, 0.05) is 0 Å². The number of fused-ring (bicyclic) bond motifs is 1. The molecule has 126 valence electrons. The van der Waals surface area contributed by atoms with Gasteiger partial charge in [-0.3, -0.25) is 0 Å². The predicted molar refractivity (Wildman–Crippen MR) is 88.3 cm³/mol. The highest BCUT2D eigenvalue weighted by Crippen LogP contribution is 2.36. The monoisotopic (exact) mass is 348 g/mol. The lowest BCUT2D eigenvalue weighted by molar-refractivity contribution is -0.151. The molecule has 1 fully saturated rings. The number of carbonyl (C=O) groups excluding carboxylic acids is 1. The minimum absolute atomic E-state index is 0.129. The average Bonchev–Trinajstić information content (AvgIpc) is 3.01. The summed E-state index contributed by atoms with van der Waals surface area (Å²) in [6.45, 7) is 2.05. The lowest BCUT2D eigenvalue weighted by Gasteiger charge is -2.38. The third-order valence-electron chi connectivity index (χ3n) is 3.83. The molecule has 0 N–H and O–H groups in total. The Hall–Kier alpha value is -2.48. The first kappa shape index (κ1) is 15.1. The highest BCUT2D eigenvalue weighted by Gasteiger charge is 2.33. The van der Waals surface area contributed by atoms with Gasteiger partial charge in [-0.05, 0) is 12.1 Å². The van der Waals surface area contributed by atoms with Crippen LogP contribution in [0.5, 0.6) is 5.75 Å². The van der Waals surface area contributed by atoms with Gasteiger partial charge in [0.15, 0.2) is 5.13 Å². The first-order chi connectivity index (χ1) is 11.7. The van der Waals surface area contributed by atoms with E-state index in [0.29, 0.717) is 26.3 Å². The molecule has 1 aromatic carbocycles. The van der Waals surface area contributed by atoms with E-state index in [0.717, 1.165) is 21.1 Å². The van der Waals surface area contributed by atoms with Crippen LogP contribution in [0.3, 0.4) is 0 Å². The molecule has 3 heterocycles. The third kappa shape index (κ3) is 2.73. The fourth-order valence-corrected chi connectivity index (χ4v) is 3.57. The van der Waals surface area contributed by atoms with Crippen molar-refractivity contribution < 1.29 is 23.7 Å². The number of anilines is 1. The van der Waals surface area contributed by atoms with Crippen molar-refractivity contribution in [3.05, 3.63) is 30.2 Å². The molecule has 2 aliphatic heterocycles. The Balaban J connectivity index is 1.39. The zero-order valence-electron chi connectivity index (χ0n) is 13.1. The van der Waals surface area contributed by atoms with E-state index in [4.69, 9.17) is 18.9 Å². The molecule has 1 saturated heterocycles. The van der Waals surface area contributed by atoms with Gasteiger partial charge in [-0.2, -0.15) is 0 Å². The zero-order chi connectivity index (χ0) is 16.5. The Morgan fingerprint density at radius 3 is 3.00 bits per heavy atom. The van der Waals surface area contributed by atoms with E-state index in [1.54, 1.807) is 18.4 Å². The van der Waals surface area contributed by atoms with Crippen molar-refractivity contribution in [2.75, 3.05) is 38.3 Å². The van der Waals surface area contributed by atoms with E-state index in [1.807, 2.05) is 18.2 Å². The maximum Gasteiger partial charge on any atom is 0.377 e. The molecule has 0 amide bonds. The van der Waals surface area contributed by atoms with Crippen molar-refractivity contribution in [1.29, 1.82) is 0 Å². The number of para-hydroxylation sites is 1. The van der Waals surface area contributed by atoms with Crippen LogP contribution in [0.4, 0.5) is 5.13 Å². The summed E-state index contributed by atoms with van der Waals surface area (Å²) < 4.78 is 22.1. The van der Waals surface area contributed by atoms with Gasteiger partial charge in [-0.1, -0.05) is 17.4 Å². The number of hydrogen-bond acceptors (Lipinski definition) is 8. The number of aromatic nitrogens is 1. The number of methoxy groups -OCH3 is 1. The standard InChI is InChI=1S/C16H16N2O5S/c1-20-11-3-2-4-13-14(11)17-16(24-13)18-7-10(8-18)23-15(19)12-9-21-5-6-22-12/h2-4,9-10H,5-8H2,1H3. The minimum Gasteiger partial charge on any atom is -0.494 e. The van der Waals surface area contributed by atoms with Crippen LogP contribution in [0.15, 0.2) is 30.2 Å². The summed E-state index contributed by atoms with van der Waals surface area (Å²) in [6.07, 6.45) is 1.14. The summed E-state index contributed by atoms with van der Waals surface area (Å²) in [4.78, 5) is 18.6. The van der Waals surface area contributed by atoms with Gasteiger partial charge in [0.1, 0.15) is 36.8 Å². The summed E-state index contributed by atoms with van der Waals surface area (Å²) in [7, 11) is 1.64. The van der Waals surface area contributed by atoms with E-state index in [9.17, 15) is 4.79 Å². The smallest absolute Gasteiger partial charge is 0.377 e. The Kier molecular flexibility index (Phi) is 3.89. The number of thiazole rings is 1. The van der Waals surface area contributed by atoms with Gasteiger partial charge in [-0.15, -0.1) is 0 Å². The number of carbonyl (C=O) groups is 1. The van der Waals surface area contributed by atoms with Crippen LogP contribution in [0, 0.1) is 0 Å². The lowest BCUT2D eigenvalue weighted by Crippen LogP contribution is -2.53. The molecule has 4 rings (SSSR count). The molecule has 24 heavy (non-hydrogen) atoms. The van der Waals surface area contributed by atoms with E-state index in [2.05, 4.69) is 9.88 Å². The van der Waals surface area contributed by atoms with Crippen LogP contribution in [-0.4, -0.2) is 50.5 Å². The molecule has 0 radical (unpaired) electrons. The van der Waals surface area contributed by atoms with Crippen LogP contribution in [0.25, 0.3) is 10.2 Å². The van der Waals surface area contributed by atoms with E-state index in [1.165, 1.54) is 6.26 Å². The Morgan fingerprint density at radius 2 is 2.25 bits per heavy atom. The summed E-state index contributed by atoms with van der Waals surface area (Å²) in [5, 5.41) is 0.901. The number of hydrogen-bond donors (Lipinski definition) is 0. The van der Waals surface area contributed by atoms with Gasteiger partial charge in [0.25, 0.3) is 0 Å². The number of rotatable bonds is 4. The van der Waals surface area contributed by atoms with E-state index >= 15 is 0 Å². The fraction of sp³-hybridized carbons (Fsp3) is 0.375. The molecule has 2 aromatic rings. The summed E-state index contributed by atoms with van der Waals surface area (Å²) in [5.74, 6) is 0.412. The molecule has 0 spiro atoms. The second kappa shape index (κ2) is 6.20. The van der Waals surface area contributed by atoms with Crippen LogP contribution in [-0.2, 0) is 19.0 Å². The normalized spacial score (nSPS) is 17.5. The minimum atomic E-state index is -0.481. The second-order valence-electron chi connectivity index (χ2n) is 5.44. The number of esters is 1. The third-order valence-corrected chi connectivity index (χ3v) is 4.91. The molecule has 0 saturated carbocycles. The number of ether oxygens (including phenoxy) is 4. The molecule has 0 unspecified atom stereocenters. The average molecular weight is 348 g/mol. The quantitative estimate of drug-likeness (QED) is 0.782. The first-order valence-corrected chi connectivity index (χ1v) is 8.40. The number of nitrogens with zero attached hydrogens (tertiary/aromatic N) is 2. The summed E-state index contributed by atoms with van der Waals surface area (Å²) in [5.41, 5.74) is 0.860. The second-order valence-corrected chi connectivity index (χ2v) is 6.45. The van der Waals surface area contributed by atoms with Crippen LogP contribution in [0.2, 0.25) is 0 Å². The molecule has 2 aliphatic rings. The topological polar surface area (TPSA) is 70.1 Å². The lowest BCUT2D eigenvalue weighted by atomic mass is 10.2. The maximum atomic E-state index is 11.9. The predicted octanol–water partition coefficient (Wildman–Crippen LogP) is 1.92. The van der Waals surface area contributed by atoms with Crippen molar-refractivity contribution in [3.63, 3.8) is 0 Å². The Morgan fingerprint density at radius 1 is 1.38 bits per heavy atom. The fourth-order valence-electron chi connectivity index (χ4n) is 2.57. The first-order valence-electron chi connectivity index (χ1n) is 7.58.